The van der Waals surface area contributed by atoms with Gasteiger partial charge in [-0.3, -0.25) is 4.57 Å². The van der Waals surface area contributed by atoms with Gasteiger partial charge < -0.3 is 0 Å². The first-order valence-electron chi connectivity index (χ1n) is 7.83. The second kappa shape index (κ2) is 4.89. The van der Waals surface area contributed by atoms with Crippen molar-refractivity contribution in [2.75, 3.05) is 0 Å². The van der Waals surface area contributed by atoms with Gasteiger partial charge in [-0.05, 0) is 24.9 Å². The molecule has 0 radical (unpaired) electrons. The van der Waals surface area contributed by atoms with Gasteiger partial charge in [0.2, 0.25) is 7.14 Å². The third-order valence-corrected chi connectivity index (χ3v) is 7.53. The number of rotatable bonds is 2. The van der Waals surface area contributed by atoms with Crippen molar-refractivity contribution in [2.24, 2.45) is 10.8 Å². The minimum Gasteiger partial charge on any atom is -0.300 e. The lowest BCUT2D eigenvalue weighted by molar-refractivity contribution is -0.113. The molecule has 0 heterocycles. The zero-order chi connectivity index (χ0) is 16.0. The number of terminal acetylenes is 1. The molecule has 23 heavy (non-hydrogen) atoms. The van der Waals surface area contributed by atoms with Crippen LogP contribution in [-0.4, -0.2) is 0 Å². The summed E-state index contributed by atoms with van der Waals surface area (Å²) in [6, 6.07) is 19.2. The molecule has 0 N–H and O–H groups in total. The molecule has 1 nitrogen and oxygen atoms in total. The fourth-order valence-electron chi connectivity index (χ4n) is 3.82. The highest BCUT2D eigenvalue weighted by molar-refractivity contribution is 7.83. The third kappa shape index (κ3) is 2.16. The second-order valence-corrected chi connectivity index (χ2v) is 9.23. The molecule has 0 aromatic heterocycles. The highest BCUT2D eigenvalue weighted by Crippen LogP contribution is 2.72. The molecule has 0 aliphatic heterocycles. The van der Waals surface area contributed by atoms with E-state index in [0.29, 0.717) is 0 Å². The predicted octanol–water partition coefficient (Wildman–Crippen LogP) is 3.76. The van der Waals surface area contributed by atoms with Crippen LogP contribution in [0, 0.1) is 34.8 Å². The lowest BCUT2D eigenvalue weighted by atomic mass is 9.36. The molecule has 3 aliphatic carbocycles. The normalized spacial score (nSPS) is 27.6. The van der Waals surface area contributed by atoms with Crippen LogP contribution >= 0.6 is 7.14 Å². The van der Waals surface area contributed by atoms with Gasteiger partial charge in [-0.2, -0.15) is 0 Å². The zero-order valence-electron chi connectivity index (χ0n) is 12.8. The summed E-state index contributed by atoms with van der Waals surface area (Å²) in [7, 11) is -2.92. The van der Waals surface area contributed by atoms with E-state index in [4.69, 9.17) is 6.42 Å². The van der Waals surface area contributed by atoms with E-state index in [0.717, 1.165) is 29.9 Å². The Hall–Kier alpha value is -2.21. The molecule has 0 amide bonds. The Kier molecular flexibility index (Phi) is 3.06. The summed E-state index contributed by atoms with van der Waals surface area (Å²) in [4.78, 5) is 0. The van der Waals surface area contributed by atoms with Gasteiger partial charge in [-0.15, -0.1) is 6.42 Å². The van der Waals surface area contributed by atoms with Crippen LogP contribution < -0.4 is 10.6 Å². The van der Waals surface area contributed by atoms with Gasteiger partial charge in [0.05, 0.1) is 0 Å². The van der Waals surface area contributed by atoms with Crippen molar-refractivity contribution in [2.45, 2.75) is 19.3 Å². The highest BCUT2D eigenvalue weighted by atomic mass is 31.2. The molecule has 0 atom stereocenters. The van der Waals surface area contributed by atoms with Crippen LogP contribution in [0.25, 0.3) is 0 Å². The van der Waals surface area contributed by atoms with Crippen LogP contribution in [0.15, 0.2) is 60.7 Å². The summed E-state index contributed by atoms with van der Waals surface area (Å²) < 4.78 is 13.8. The van der Waals surface area contributed by atoms with Crippen LogP contribution in [0.5, 0.6) is 0 Å². The average Bonchev–Trinajstić information content (AvgIpc) is 2.54. The van der Waals surface area contributed by atoms with Crippen LogP contribution in [0.1, 0.15) is 19.3 Å². The van der Waals surface area contributed by atoms with Crippen LogP contribution in [0.3, 0.4) is 0 Å². The first kappa shape index (κ1) is 14.4. The van der Waals surface area contributed by atoms with E-state index in [9.17, 15) is 4.57 Å². The minimum absolute atomic E-state index is 0.0194. The largest absolute Gasteiger partial charge is 0.300 e. The monoisotopic (exact) mass is 316 g/mol. The molecule has 0 spiro atoms. The molecule has 2 bridgehead atoms. The molecular formula is C21H17OP. The van der Waals surface area contributed by atoms with Gasteiger partial charge in [0.15, 0.2) is 0 Å². The van der Waals surface area contributed by atoms with Crippen LogP contribution in [0.4, 0.5) is 0 Å². The highest BCUT2D eigenvalue weighted by Gasteiger charge is 2.66. The van der Waals surface area contributed by atoms with Crippen molar-refractivity contribution in [3.8, 4) is 23.9 Å². The summed E-state index contributed by atoms with van der Waals surface area (Å²) in [6.45, 7) is 0. The molecule has 5 rings (SSSR count). The average molecular weight is 316 g/mol. The molecule has 2 heteroatoms. The predicted molar refractivity (Wildman–Crippen MR) is 95.1 cm³/mol. The molecule has 2 aromatic carbocycles. The lowest BCUT2D eigenvalue weighted by Gasteiger charge is -2.65. The standard InChI is InChI=1S/C21H17OP/c1-2-20-15-21(16-20,17-20)13-14-23(22,18-9-5-3-6-10-18)19-11-7-4-8-12-19/h1,3-12H,15-17H2. The minimum atomic E-state index is -2.92. The Bertz CT molecular complexity index is 830. The van der Waals surface area contributed by atoms with E-state index in [-0.39, 0.29) is 10.8 Å². The smallest absolute Gasteiger partial charge is 0.210 e. The van der Waals surface area contributed by atoms with Gasteiger partial charge in [0.25, 0.3) is 0 Å². The van der Waals surface area contributed by atoms with Gasteiger partial charge in [-0.25, -0.2) is 0 Å². The molecule has 0 saturated heterocycles. The molecule has 3 fully saturated rings. The topological polar surface area (TPSA) is 17.1 Å². The van der Waals surface area contributed by atoms with E-state index >= 15 is 0 Å². The quantitative estimate of drug-likeness (QED) is 0.609. The first-order valence-corrected chi connectivity index (χ1v) is 9.54. The van der Waals surface area contributed by atoms with Crippen molar-refractivity contribution in [1.82, 2.24) is 0 Å². The molecular weight excluding hydrogens is 299 g/mol. The SMILES string of the molecule is C#CC12CC(C#CP(=O)(c3ccccc3)c3ccccc3)(C1)C2. The van der Waals surface area contributed by atoms with Crippen molar-refractivity contribution in [3.63, 3.8) is 0 Å². The van der Waals surface area contributed by atoms with Crippen molar-refractivity contribution >= 4 is 17.8 Å². The molecule has 2 aromatic rings. The third-order valence-electron chi connectivity index (χ3n) is 5.05. The summed E-state index contributed by atoms with van der Waals surface area (Å²) in [6.07, 6.45) is 8.47. The summed E-state index contributed by atoms with van der Waals surface area (Å²) >= 11 is 0. The number of hydrogen-bond donors (Lipinski definition) is 0. The van der Waals surface area contributed by atoms with E-state index in [1.54, 1.807) is 0 Å². The fourth-order valence-corrected chi connectivity index (χ4v) is 5.96. The van der Waals surface area contributed by atoms with Crippen LogP contribution in [0.2, 0.25) is 0 Å². The Morgan fingerprint density at radius 2 is 1.30 bits per heavy atom. The maximum absolute atomic E-state index is 13.8. The van der Waals surface area contributed by atoms with Crippen molar-refractivity contribution in [1.29, 1.82) is 0 Å². The van der Waals surface area contributed by atoms with E-state index in [2.05, 4.69) is 17.5 Å². The van der Waals surface area contributed by atoms with Gasteiger partial charge in [0, 0.05) is 21.4 Å². The maximum atomic E-state index is 13.8. The number of hydrogen-bond acceptors (Lipinski definition) is 1. The van der Waals surface area contributed by atoms with E-state index in [1.807, 2.05) is 60.7 Å². The Labute approximate surface area is 137 Å². The molecule has 0 unspecified atom stereocenters. The molecule has 3 saturated carbocycles. The summed E-state index contributed by atoms with van der Waals surface area (Å²) in [5.74, 6) is 6.24. The van der Waals surface area contributed by atoms with Crippen LogP contribution in [-0.2, 0) is 4.57 Å². The lowest BCUT2D eigenvalue weighted by Crippen LogP contribution is -2.59. The summed E-state index contributed by atoms with van der Waals surface area (Å²) in [5.41, 5.74) is 3.30. The Balaban J connectivity index is 1.75. The molecule has 3 aliphatic rings. The Morgan fingerprint density at radius 1 is 0.826 bits per heavy atom. The molecule has 112 valence electrons. The van der Waals surface area contributed by atoms with Gasteiger partial charge in [0.1, 0.15) is 0 Å². The van der Waals surface area contributed by atoms with Gasteiger partial charge in [-0.1, -0.05) is 72.5 Å². The second-order valence-electron chi connectivity index (χ2n) is 6.75. The first-order chi connectivity index (χ1) is 11.1. The van der Waals surface area contributed by atoms with E-state index < -0.39 is 7.14 Å². The Morgan fingerprint density at radius 3 is 1.74 bits per heavy atom. The maximum Gasteiger partial charge on any atom is 0.210 e. The van der Waals surface area contributed by atoms with Gasteiger partial charge >= 0.3 is 0 Å². The fraction of sp³-hybridized carbons (Fsp3) is 0.238. The van der Waals surface area contributed by atoms with E-state index in [1.165, 1.54) is 0 Å². The van der Waals surface area contributed by atoms with Crippen molar-refractivity contribution < 1.29 is 4.57 Å². The van der Waals surface area contributed by atoms with Crippen molar-refractivity contribution in [3.05, 3.63) is 60.7 Å². The summed E-state index contributed by atoms with van der Waals surface area (Å²) in [5, 5.41) is 1.61. The zero-order valence-corrected chi connectivity index (χ0v) is 13.7. The number of benzene rings is 2.